The molecule has 0 spiro atoms. The van der Waals surface area contributed by atoms with Gasteiger partial charge in [-0.1, -0.05) is 0 Å². The highest BCUT2D eigenvalue weighted by molar-refractivity contribution is 7.98. The van der Waals surface area contributed by atoms with Gasteiger partial charge in [0.05, 0.1) is 11.6 Å². The Bertz CT molecular complexity index is 194. The number of thioether (sulfide) groups is 1. The fourth-order valence-corrected chi connectivity index (χ4v) is 1.42. The largest absolute Gasteiger partial charge is 0.256 e. The summed E-state index contributed by atoms with van der Waals surface area (Å²) < 4.78 is 0. The Kier molecular flexibility index (Phi) is 2.96. The van der Waals surface area contributed by atoms with E-state index >= 15 is 0 Å². The molecule has 10 heavy (non-hydrogen) atoms. The van der Waals surface area contributed by atoms with E-state index in [1.807, 2.05) is 6.26 Å². The van der Waals surface area contributed by atoms with Crippen molar-refractivity contribution in [2.24, 2.45) is 0 Å². The lowest BCUT2D eigenvalue weighted by atomic mass is 10.5. The molecule has 1 heterocycles. The molecule has 0 atom stereocenters. The van der Waals surface area contributed by atoms with E-state index in [-0.39, 0.29) is 0 Å². The lowest BCUT2D eigenvalue weighted by molar-refractivity contribution is 0.973. The van der Waals surface area contributed by atoms with Crippen molar-refractivity contribution in [2.75, 3.05) is 6.26 Å². The molecule has 0 aliphatic heterocycles. The van der Waals surface area contributed by atoms with Gasteiger partial charge in [-0.3, -0.25) is 4.98 Å². The first kappa shape index (κ1) is 7.82. The second-order valence-electron chi connectivity index (χ2n) is 1.65. The molecule has 0 aliphatic rings. The molecule has 2 nitrogen and oxygen atoms in total. The van der Waals surface area contributed by atoms with Crippen molar-refractivity contribution in [3.63, 3.8) is 0 Å². The molecule has 0 fully saturated rings. The minimum atomic E-state index is 0.435. The summed E-state index contributed by atoms with van der Waals surface area (Å²) in [4.78, 5) is 8.14. The summed E-state index contributed by atoms with van der Waals surface area (Å²) >= 11 is 7.16. The first-order valence-electron chi connectivity index (χ1n) is 2.78. The van der Waals surface area contributed by atoms with Crippen LogP contribution in [0.25, 0.3) is 0 Å². The van der Waals surface area contributed by atoms with Crippen LogP contribution in [0.1, 0.15) is 5.69 Å². The van der Waals surface area contributed by atoms with Crippen LogP contribution in [0.5, 0.6) is 0 Å². The van der Waals surface area contributed by atoms with Crippen molar-refractivity contribution in [3.8, 4) is 0 Å². The van der Waals surface area contributed by atoms with Crippen LogP contribution in [0.3, 0.4) is 0 Å². The molecule has 0 radical (unpaired) electrons. The summed E-state index contributed by atoms with van der Waals surface area (Å²) in [5.41, 5.74) is 0.858. The van der Waals surface area contributed by atoms with Gasteiger partial charge < -0.3 is 0 Å². The molecule has 1 aromatic rings. The summed E-state index contributed by atoms with van der Waals surface area (Å²) in [7, 11) is 0. The van der Waals surface area contributed by atoms with E-state index in [9.17, 15) is 0 Å². The first-order valence-corrected chi connectivity index (χ1v) is 4.54. The van der Waals surface area contributed by atoms with Crippen molar-refractivity contribution in [1.29, 1.82) is 0 Å². The van der Waals surface area contributed by atoms with Gasteiger partial charge in [0.1, 0.15) is 5.03 Å². The minimum Gasteiger partial charge on any atom is -0.256 e. The standard InChI is InChI=1S/C6H7ClN2S/c1-10-6-5(4-7)8-2-3-9-6/h2-3H,4H2,1H3. The fourth-order valence-electron chi connectivity index (χ4n) is 0.616. The summed E-state index contributed by atoms with van der Waals surface area (Å²) in [6.45, 7) is 0. The average molecular weight is 175 g/mol. The Morgan fingerprint density at radius 2 is 2.20 bits per heavy atom. The van der Waals surface area contributed by atoms with Crippen LogP contribution in [0.4, 0.5) is 0 Å². The second-order valence-corrected chi connectivity index (χ2v) is 2.71. The maximum atomic E-state index is 5.59. The molecular weight excluding hydrogens is 168 g/mol. The van der Waals surface area contributed by atoms with Crippen molar-refractivity contribution in [2.45, 2.75) is 10.9 Å². The van der Waals surface area contributed by atoms with Crippen LogP contribution < -0.4 is 0 Å². The van der Waals surface area contributed by atoms with E-state index in [1.54, 1.807) is 24.2 Å². The van der Waals surface area contributed by atoms with Crippen molar-refractivity contribution < 1.29 is 0 Å². The maximum Gasteiger partial charge on any atom is 0.118 e. The third-order valence-electron chi connectivity index (χ3n) is 1.06. The van der Waals surface area contributed by atoms with Crippen LogP contribution in [0.15, 0.2) is 17.4 Å². The minimum absolute atomic E-state index is 0.435. The van der Waals surface area contributed by atoms with E-state index in [4.69, 9.17) is 11.6 Å². The topological polar surface area (TPSA) is 25.8 Å². The van der Waals surface area contributed by atoms with Crippen LogP contribution >= 0.6 is 23.4 Å². The number of hydrogen-bond acceptors (Lipinski definition) is 3. The highest BCUT2D eigenvalue weighted by Gasteiger charge is 1.99. The summed E-state index contributed by atoms with van der Waals surface area (Å²) in [6.07, 6.45) is 5.28. The first-order chi connectivity index (χ1) is 4.88. The van der Waals surface area contributed by atoms with Gasteiger partial charge >= 0.3 is 0 Å². The molecule has 1 rings (SSSR count). The number of alkyl halides is 1. The molecule has 0 saturated heterocycles. The van der Waals surface area contributed by atoms with E-state index < -0.39 is 0 Å². The number of nitrogens with zero attached hydrogens (tertiary/aromatic N) is 2. The smallest absolute Gasteiger partial charge is 0.118 e. The number of aromatic nitrogens is 2. The molecule has 0 aromatic carbocycles. The van der Waals surface area contributed by atoms with E-state index in [1.165, 1.54) is 0 Å². The van der Waals surface area contributed by atoms with Crippen LogP contribution in [-0.4, -0.2) is 16.2 Å². The third kappa shape index (κ3) is 1.61. The Labute approximate surface area is 69.0 Å². The maximum absolute atomic E-state index is 5.59. The molecule has 0 saturated carbocycles. The molecule has 1 aromatic heterocycles. The molecule has 0 N–H and O–H groups in total. The normalized spacial score (nSPS) is 9.80. The predicted octanol–water partition coefficient (Wildman–Crippen LogP) is 1.94. The Balaban J connectivity index is 2.96. The molecule has 4 heteroatoms. The van der Waals surface area contributed by atoms with E-state index in [0.29, 0.717) is 5.88 Å². The molecule has 0 aliphatic carbocycles. The van der Waals surface area contributed by atoms with Gasteiger partial charge in [0.25, 0.3) is 0 Å². The summed E-state index contributed by atoms with van der Waals surface area (Å²) in [5, 5.41) is 0.914. The molecule has 0 amide bonds. The van der Waals surface area contributed by atoms with Gasteiger partial charge in [0.2, 0.25) is 0 Å². The lowest BCUT2D eigenvalue weighted by Gasteiger charge is -1.98. The average Bonchev–Trinajstić information content (AvgIpc) is 2.04. The lowest BCUT2D eigenvalue weighted by Crippen LogP contribution is -1.90. The molecule has 0 bridgehead atoms. The Morgan fingerprint density at radius 3 is 2.70 bits per heavy atom. The van der Waals surface area contributed by atoms with Gasteiger partial charge in [-0.25, -0.2) is 4.98 Å². The zero-order chi connectivity index (χ0) is 7.40. The van der Waals surface area contributed by atoms with Crippen molar-refractivity contribution >= 4 is 23.4 Å². The van der Waals surface area contributed by atoms with Crippen LogP contribution in [0.2, 0.25) is 0 Å². The van der Waals surface area contributed by atoms with Gasteiger partial charge in [-0.15, -0.1) is 23.4 Å². The van der Waals surface area contributed by atoms with Crippen molar-refractivity contribution in [3.05, 3.63) is 18.1 Å². The molecule has 54 valence electrons. The Morgan fingerprint density at radius 1 is 1.50 bits per heavy atom. The zero-order valence-electron chi connectivity index (χ0n) is 5.54. The third-order valence-corrected chi connectivity index (χ3v) is 2.04. The highest BCUT2D eigenvalue weighted by Crippen LogP contribution is 2.15. The number of halogens is 1. The van der Waals surface area contributed by atoms with Gasteiger partial charge in [0, 0.05) is 12.4 Å². The zero-order valence-corrected chi connectivity index (χ0v) is 7.11. The van der Waals surface area contributed by atoms with Crippen LogP contribution in [0, 0.1) is 0 Å². The van der Waals surface area contributed by atoms with Gasteiger partial charge in [-0.2, -0.15) is 0 Å². The summed E-state index contributed by atoms with van der Waals surface area (Å²) in [6, 6.07) is 0. The number of hydrogen-bond donors (Lipinski definition) is 0. The summed E-state index contributed by atoms with van der Waals surface area (Å²) in [5.74, 6) is 0.435. The highest BCUT2D eigenvalue weighted by atomic mass is 35.5. The monoisotopic (exact) mass is 174 g/mol. The quantitative estimate of drug-likeness (QED) is 0.506. The van der Waals surface area contributed by atoms with Crippen LogP contribution in [-0.2, 0) is 5.88 Å². The van der Waals surface area contributed by atoms with E-state index in [0.717, 1.165) is 10.7 Å². The molecular formula is C6H7ClN2S. The Hall–Kier alpha value is -0.280. The number of rotatable bonds is 2. The second kappa shape index (κ2) is 3.78. The van der Waals surface area contributed by atoms with E-state index in [2.05, 4.69) is 9.97 Å². The van der Waals surface area contributed by atoms with Crippen molar-refractivity contribution in [1.82, 2.24) is 9.97 Å². The fraction of sp³-hybridized carbons (Fsp3) is 0.333. The van der Waals surface area contributed by atoms with Gasteiger partial charge in [0.15, 0.2) is 0 Å². The SMILES string of the molecule is CSc1nccnc1CCl. The molecule has 0 unspecified atom stereocenters. The van der Waals surface area contributed by atoms with Gasteiger partial charge in [-0.05, 0) is 6.26 Å². The predicted molar refractivity (Wildman–Crippen MR) is 43.4 cm³/mol.